The lowest BCUT2D eigenvalue weighted by molar-refractivity contribution is -0.172. The van der Waals surface area contributed by atoms with Crippen molar-refractivity contribution in [1.82, 2.24) is 0 Å². The Balaban J connectivity index is 6.46. The van der Waals surface area contributed by atoms with Crippen LogP contribution < -0.4 is 0 Å². The summed E-state index contributed by atoms with van der Waals surface area (Å²) in [5.41, 5.74) is -2.19. The molecule has 25 heavy (non-hydrogen) atoms. The predicted molar refractivity (Wildman–Crippen MR) is 94.7 cm³/mol. The van der Waals surface area contributed by atoms with E-state index in [1.54, 1.807) is 20.8 Å². The molecule has 0 rings (SSSR count). The Morgan fingerprint density at radius 2 is 1.60 bits per heavy atom. The first-order valence-corrected chi connectivity index (χ1v) is 8.83. The summed E-state index contributed by atoms with van der Waals surface area (Å²) in [6.45, 7) is 5.96. The molecule has 0 aliphatic carbocycles. The maximum Gasteiger partial charge on any atom is 0.317 e. The van der Waals surface area contributed by atoms with Crippen molar-refractivity contribution in [2.75, 3.05) is 7.11 Å². The van der Waals surface area contributed by atoms with Gasteiger partial charge in [0.25, 0.3) is 0 Å². The van der Waals surface area contributed by atoms with Crippen molar-refractivity contribution >= 4 is 58.3 Å². The van der Waals surface area contributed by atoms with Crippen LogP contribution in [0.3, 0.4) is 0 Å². The third-order valence-electron chi connectivity index (χ3n) is 3.64. The summed E-state index contributed by atoms with van der Waals surface area (Å²) in [5.74, 6) is -4.32. The molecule has 2 unspecified atom stereocenters. The molecule has 0 aliphatic heterocycles. The van der Waals surface area contributed by atoms with Crippen LogP contribution in [0, 0.1) is 11.3 Å². The lowest BCUT2D eigenvalue weighted by atomic mass is 9.70. The second-order valence-corrected chi connectivity index (χ2v) is 8.26. The van der Waals surface area contributed by atoms with Crippen LogP contribution >= 0.6 is 34.8 Å². The van der Waals surface area contributed by atoms with E-state index in [4.69, 9.17) is 44.3 Å². The molecule has 9 heteroatoms. The average Bonchev–Trinajstić information content (AvgIpc) is 2.47. The van der Waals surface area contributed by atoms with Gasteiger partial charge in [0.1, 0.15) is 17.0 Å². The fourth-order valence-electron chi connectivity index (χ4n) is 2.47. The first-order chi connectivity index (χ1) is 11.3. The Bertz CT molecular complexity index is 526. The highest BCUT2D eigenvalue weighted by atomic mass is 35.6. The highest BCUT2D eigenvalue weighted by Crippen LogP contribution is 2.54. The zero-order valence-corrected chi connectivity index (χ0v) is 17.1. The average molecular weight is 418 g/mol. The van der Waals surface area contributed by atoms with Gasteiger partial charge in [-0.3, -0.25) is 19.2 Å². The second-order valence-electron chi connectivity index (χ2n) is 5.97. The van der Waals surface area contributed by atoms with E-state index in [2.05, 4.69) is 0 Å². The number of rotatable bonds is 9. The summed E-state index contributed by atoms with van der Waals surface area (Å²) in [7, 11) is 1.04. The SMILES string of the molecule is CCC(=O)CC(C(=O)OC(C)C)C(CC(C)=O)(C(=O)OC)C(Cl)(Cl)Cl. The topological polar surface area (TPSA) is 86.7 Å². The van der Waals surface area contributed by atoms with E-state index in [9.17, 15) is 19.2 Å². The Morgan fingerprint density at radius 3 is 1.92 bits per heavy atom. The van der Waals surface area contributed by atoms with Crippen LogP contribution in [0.15, 0.2) is 0 Å². The number of Topliss-reactive ketones (excluding diaryl/α,β-unsaturated/α-hetero) is 2. The quantitative estimate of drug-likeness (QED) is 0.422. The van der Waals surface area contributed by atoms with Crippen LogP contribution in [0.4, 0.5) is 0 Å². The van der Waals surface area contributed by atoms with Gasteiger partial charge in [0.05, 0.1) is 19.1 Å². The van der Waals surface area contributed by atoms with Crippen LogP contribution in [0.2, 0.25) is 0 Å². The molecule has 0 saturated carbocycles. The van der Waals surface area contributed by atoms with Gasteiger partial charge in [-0.2, -0.15) is 0 Å². The molecule has 0 aromatic carbocycles. The van der Waals surface area contributed by atoms with Crippen molar-refractivity contribution in [3.63, 3.8) is 0 Å². The van der Waals surface area contributed by atoms with Crippen LogP contribution in [-0.2, 0) is 28.7 Å². The number of carbonyl (C=O) groups excluding carboxylic acids is 4. The first-order valence-electron chi connectivity index (χ1n) is 7.70. The zero-order valence-electron chi connectivity index (χ0n) is 14.9. The molecule has 0 spiro atoms. The number of halogens is 3. The van der Waals surface area contributed by atoms with Crippen molar-refractivity contribution in [3.8, 4) is 0 Å². The normalized spacial score (nSPS) is 15.2. The van der Waals surface area contributed by atoms with Gasteiger partial charge in [-0.25, -0.2) is 0 Å². The standard InChI is InChI=1S/C16H23Cl3O6/c1-6-11(21)7-12(13(22)25-9(2)3)15(8-10(4)20,14(23)24-5)16(17,18)19/h9,12H,6-8H2,1-5H3. The van der Waals surface area contributed by atoms with Crippen molar-refractivity contribution in [2.45, 2.75) is 56.9 Å². The third-order valence-corrected chi connectivity index (χ3v) is 4.65. The first kappa shape index (κ1) is 24.1. The Kier molecular flexibility index (Phi) is 9.41. The molecular weight excluding hydrogens is 395 g/mol. The van der Waals surface area contributed by atoms with Crippen LogP contribution in [-0.4, -0.2) is 40.5 Å². The smallest absolute Gasteiger partial charge is 0.317 e. The molecule has 0 saturated heterocycles. The van der Waals surface area contributed by atoms with Crippen LogP contribution in [0.25, 0.3) is 0 Å². The summed E-state index contributed by atoms with van der Waals surface area (Å²) < 4.78 is 7.49. The van der Waals surface area contributed by atoms with E-state index >= 15 is 0 Å². The number of alkyl halides is 3. The highest BCUT2D eigenvalue weighted by molar-refractivity contribution is 6.69. The lowest BCUT2D eigenvalue weighted by Crippen LogP contribution is -2.54. The minimum Gasteiger partial charge on any atom is -0.468 e. The fraction of sp³-hybridized carbons (Fsp3) is 0.750. The van der Waals surface area contributed by atoms with Gasteiger partial charge in [-0.1, -0.05) is 41.7 Å². The summed E-state index contributed by atoms with van der Waals surface area (Å²) in [4.78, 5) is 49.0. The molecule has 144 valence electrons. The summed E-state index contributed by atoms with van der Waals surface area (Å²) in [6, 6.07) is 0. The molecule has 0 N–H and O–H groups in total. The number of ketones is 2. The molecule has 0 fully saturated rings. The molecule has 0 bridgehead atoms. The summed E-state index contributed by atoms with van der Waals surface area (Å²) in [5, 5.41) is 0. The number of hydrogen-bond donors (Lipinski definition) is 0. The molecule has 2 atom stereocenters. The van der Waals surface area contributed by atoms with Crippen LogP contribution in [0.5, 0.6) is 0 Å². The molecule has 6 nitrogen and oxygen atoms in total. The monoisotopic (exact) mass is 416 g/mol. The largest absolute Gasteiger partial charge is 0.468 e. The summed E-state index contributed by atoms with van der Waals surface area (Å²) in [6.07, 6.45) is -1.44. The van der Waals surface area contributed by atoms with Gasteiger partial charge in [-0.15, -0.1) is 0 Å². The van der Waals surface area contributed by atoms with Crippen LogP contribution in [0.1, 0.15) is 47.0 Å². The maximum atomic E-state index is 12.6. The lowest BCUT2D eigenvalue weighted by Gasteiger charge is -2.41. The van der Waals surface area contributed by atoms with Gasteiger partial charge in [0.2, 0.25) is 3.79 Å². The zero-order chi connectivity index (χ0) is 20.0. The van der Waals surface area contributed by atoms with Crippen molar-refractivity contribution in [1.29, 1.82) is 0 Å². The Hall–Kier alpha value is -0.850. The van der Waals surface area contributed by atoms with Crippen molar-refractivity contribution in [3.05, 3.63) is 0 Å². The molecule has 0 heterocycles. The molecule has 0 aromatic rings. The van der Waals surface area contributed by atoms with Gasteiger partial charge < -0.3 is 9.47 Å². The summed E-state index contributed by atoms with van der Waals surface area (Å²) >= 11 is 18.1. The van der Waals surface area contributed by atoms with Gasteiger partial charge >= 0.3 is 11.9 Å². The van der Waals surface area contributed by atoms with E-state index in [0.717, 1.165) is 7.11 Å². The molecule has 0 radical (unpaired) electrons. The second kappa shape index (κ2) is 9.74. The van der Waals surface area contributed by atoms with Gasteiger partial charge in [0.15, 0.2) is 0 Å². The number of methoxy groups -OCH3 is 1. The van der Waals surface area contributed by atoms with E-state index in [1.807, 2.05) is 0 Å². The number of hydrogen-bond acceptors (Lipinski definition) is 6. The maximum absolute atomic E-state index is 12.6. The van der Waals surface area contributed by atoms with Crippen molar-refractivity contribution < 1.29 is 28.7 Å². The fourth-order valence-corrected chi connectivity index (χ4v) is 3.30. The van der Waals surface area contributed by atoms with E-state index in [0.29, 0.717) is 0 Å². The van der Waals surface area contributed by atoms with E-state index in [-0.39, 0.29) is 12.2 Å². The Morgan fingerprint density at radius 1 is 1.08 bits per heavy atom. The van der Waals surface area contributed by atoms with Crippen molar-refractivity contribution in [2.24, 2.45) is 11.3 Å². The van der Waals surface area contributed by atoms with E-state index in [1.165, 1.54) is 6.92 Å². The van der Waals surface area contributed by atoms with E-state index < -0.39 is 51.8 Å². The molecular formula is C16H23Cl3O6. The number of ether oxygens (including phenoxy) is 2. The molecule has 0 aliphatic rings. The Labute approximate surface area is 162 Å². The predicted octanol–water partition coefficient (Wildman–Crippen LogP) is 3.43. The van der Waals surface area contributed by atoms with Gasteiger partial charge in [0, 0.05) is 19.3 Å². The van der Waals surface area contributed by atoms with Gasteiger partial charge in [-0.05, 0) is 20.8 Å². The highest BCUT2D eigenvalue weighted by Gasteiger charge is 2.63. The molecule has 0 amide bonds. The minimum atomic E-state index is -2.39. The molecule has 0 aromatic heterocycles. The number of carbonyl (C=O) groups is 4. The number of esters is 2. The minimum absolute atomic E-state index is 0.0998. The third kappa shape index (κ3) is 6.12.